The molecule has 3 heteroatoms. The predicted molar refractivity (Wildman–Crippen MR) is 160 cm³/mol. The van der Waals surface area contributed by atoms with Crippen LogP contribution in [0.2, 0.25) is 12.1 Å². The topological polar surface area (TPSA) is 0 Å². The van der Waals surface area contributed by atoms with Gasteiger partial charge in [0, 0.05) is 4.75 Å². The zero-order valence-electron chi connectivity index (χ0n) is 22.8. The Morgan fingerprint density at radius 3 is 2.42 bits per heavy atom. The van der Waals surface area contributed by atoms with Crippen molar-refractivity contribution in [3.8, 4) is 0 Å². The summed E-state index contributed by atoms with van der Waals surface area (Å²) < 4.78 is 0.867. The number of hydrogen-bond acceptors (Lipinski definition) is 1. The van der Waals surface area contributed by atoms with Crippen LogP contribution in [0.5, 0.6) is 0 Å². The van der Waals surface area contributed by atoms with E-state index >= 15 is 0 Å². The van der Waals surface area contributed by atoms with Crippen molar-refractivity contribution in [2.75, 3.05) is 0 Å². The Bertz CT molecular complexity index is 731. The van der Waals surface area contributed by atoms with Gasteiger partial charge in [-0.1, -0.05) is 85.7 Å². The molecule has 0 aromatic rings. The van der Waals surface area contributed by atoms with Gasteiger partial charge < -0.3 is 0 Å². The summed E-state index contributed by atoms with van der Waals surface area (Å²) in [5, 5.41) is 0.354. The number of fused-ring (bicyclic) bond motifs is 5. The van der Waals surface area contributed by atoms with Crippen LogP contribution in [-0.2, 0) is 0 Å². The lowest BCUT2D eigenvalue weighted by Crippen LogP contribution is -2.63. The Hall–Kier alpha value is 0.885. The van der Waals surface area contributed by atoms with Gasteiger partial charge in [-0.15, -0.1) is 22.4 Å². The van der Waals surface area contributed by atoms with Gasteiger partial charge in [-0.2, -0.15) is 12.6 Å². The number of allylic oxidation sites excluding steroid dienone is 2. The molecule has 33 heavy (non-hydrogen) atoms. The van der Waals surface area contributed by atoms with Gasteiger partial charge in [0.25, 0.3) is 0 Å². The lowest BCUT2D eigenvalue weighted by atomic mass is 9.29. The Kier molecular flexibility index (Phi) is 8.14. The fourth-order valence-corrected chi connectivity index (χ4v) is 12.6. The Labute approximate surface area is 226 Å². The molecule has 3 saturated carbocycles. The molecule has 0 spiro atoms. The summed E-state index contributed by atoms with van der Waals surface area (Å²) in [6.07, 6.45) is 18.2. The molecular formula is C30H52BIS. The van der Waals surface area contributed by atoms with E-state index < -0.39 is 0 Å². The maximum Gasteiger partial charge on any atom is 0.223 e. The molecule has 0 aromatic heterocycles. The van der Waals surface area contributed by atoms with Crippen molar-refractivity contribution in [1.29, 1.82) is 0 Å². The molecule has 0 bridgehead atoms. The molecule has 4 rings (SSSR count). The average Bonchev–Trinajstić information content (AvgIpc) is 3.18. The van der Waals surface area contributed by atoms with Crippen LogP contribution in [0, 0.1) is 46.8 Å². The lowest BCUT2D eigenvalue weighted by molar-refractivity contribution is 0.0254. The fraction of sp³-hybridized carbons (Fsp3) is 0.933. The van der Waals surface area contributed by atoms with Crippen LogP contribution in [0.4, 0.5) is 0 Å². The van der Waals surface area contributed by atoms with Crippen LogP contribution >= 0.6 is 35.0 Å². The van der Waals surface area contributed by atoms with E-state index in [9.17, 15) is 0 Å². The molecule has 2 unspecified atom stereocenters. The first-order valence-electron chi connectivity index (χ1n) is 14.5. The Morgan fingerprint density at radius 2 is 1.79 bits per heavy atom. The molecule has 0 N–H and O–H groups in total. The van der Waals surface area contributed by atoms with Crippen LogP contribution in [-0.4, -0.2) is 9.32 Å². The highest BCUT2D eigenvalue weighted by Gasteiger charge is 2.70. The lowest BCUT2D eigenvalue weighted by Gasteiger charge is -2.69. The quantitative estimate of drug-likeness (QED) is 0.131. The van der Waals surface area contributed by atoms with Gasteiger partial charge in [-0.05, 0) is 97.1 Å². The van der Waals surface area contributed by atoms with E-state index in [2.05, 4.69) is 76.8 Å². The van der Waals surface area contributed by atoms with Crippen LogP contribution < -0.4 is 0 Å². The minimum absolute atomic E-state index is 0.186. The second-order valence-corrected chi connectivity index (χ2v) is 16.5. The van der Waals surface area contributed by atoms with E-state index in [0.29, 0.717) is 15.3 Å². The first-order chi connectivity index (χ1) is 15.5. The molecule has 0 aliphatic heterocycles. The summed E-state index contributed by atoms with van der Waals surface area (Å²) in [6.45, 7) is 17.5. The largest absolute Gasteiger partial charge is 0.223 e. The summed E-state index contributed by atoms with van der Waals surface area (Å²) in [7, 11) is 0. The molecule has 0 nitrogen and oxygen atoms in total. The van der Waals surface area contributed by atoms with Crippen molar-refractivity contribution in [3.63, 3.8) is 0 Å². The molecule has 188 valence electrons. The van der Waals surface area contributed by atoms with Crippen molar-refractivity contribution in [2.45, 2.75) is 129 Å². The number of thiol groups is 1. The van der Waals surface area contributed by atoms with Gasteiger partial charge in [-0.25, -0.2) is 0 Å². The normalized spacial score (nSPS) is 43.7. The smallest absolute Gasteiger partial charge is 0.172 e. The van der Waals surface area contributed by atoms with Crippen molar-refractivity contribution in [3.05, 3.63) is 11.6 Å². The maximum absolute atomic E-state index is 5.87. The van der Waals surface area contributed by atoms with Gasteiger partial charge in [0.15, 0.2) is 0 Å². The molecular weight excluding hydrogens is 530 g/mol. The number of rotatable bonds is 7. The molecule has 4 aliphatic rings. The molecule has 0 saturated heterocycles. The van der Waals surface area contributed by atoms with E-state index in [1.54, 1.807) is 0 Å². The van der Waals surface area contributed by atoms with E-state index in [-0.39, 0.29) is 4.75 Å². The summed E-state index contributed by atoms with van der Waals surface area (Å²) in [6, 6.07) is 0. The zero-order valence-corrected chi connectivity index (χ0v) is 25.9. The highest BCUT2D eigenvalue weighted by atomic mass is 127. The minimum Gasteiger partial charge on any atom is -0.172 e. The minimum atomic E-state index is 0.186. The van der Waals surface area contributed by atoms with E-state index in [0.717, 1.165) is 41.4 Å². The maximum atomic E-state index is 5.87. The monoisotopic (exact) mass is 582 g/mol. The van der Waals surface area contributed by atoms with Crippen LogP contribution in [0.25, 0.3) is 0 Å². The second-order valence-electron chi connectivity index (χ2n) is 13.9. The first-order valence-corrected chi connectivity index (χ1v) is 16.2. The molecule has 0 amide bonds. The molecule has 4 aliphatic carbocycles. The SMILES string of the molecule is CB(I)[C@]12CCC3[C@@H](CC[C@@H]3[C@H](C)CCCC(C)C)[C@]1(S)CC=C1CC(C(C)C)CC[C@@]12C. The predicted octanol–water partition coefficient (Wildman–Crippen LogP) is 10.1. The van der Waals surface area contributed by atoms with E-state index in [1.807, 2.05) is 5.57 Å². The van der Waals surface area contributed by atoms with Crippen molar-refractivity contribution >= 4 is 39.6 Å². The zero-order chi connectivity index (χ0) is 24.2. The van der Waals surface area contributed by atoms with Crippen molar-refractivity contribution < 1.29 is 0 Å². The highest BCUT2D eigenvalue weighted by Crippen LogP contribution is 2.78. The van der Waals surface area contributed by atoms with Gasteiger partial charge in [0.1, 0.15) is 0 Å². The van der Waals surface area contributed by atoms with Gasteiger partial charge in [-0.3, -0.25) is 0 Å². The second kappa shape index (κ2) is 9.98. The molecule has 0 heterocycles. The van der Waals surface area contributed by atoms with Crippen LogP contribution in [0.15, 0.2) is 11.6 Å². The standard InChI is InChI=1S/C30H52BIS/c1-20(2)9-8-10-22(5)25-11-12-27-26(25)15-18-30(31(7)32)28(6)16-13-23(21(3)4)19-24(28)14-17-29(27,30)33/h14,20-23,25-27,33H,8-13,15-19H2,1-7H3/t22-,23?,25-,26?,27-,28+,29-,30+/m1/s1. The summed E-state index contributed by atoms with van der Waals surface area (Å²) in [5.74, 6) is 6.14. The molecule has 3 fully saturated rings. The molecule has 0 aromatic carbocycles. The third-order valence-electron chi connectivity index (χ3n) is 11.8. The average molecular weight is 583 g/mol. The summed E-state index contributed by atoms with van der Waals surface area (Å²) in [4.78, 5) is 0. The number of hydrogen-bond donors (Lipinski definition) is 1. The van der Waals surface area contributed by atoms with Crippen LogP contribution in [0.1, 0.15) is 112 Å². The Balaban J connectivity index is 1.62. The van der Waals surface area contributed by atoms with Gasteiger partial charge in [0.2, 0.25) is 4.57 Å². The molecule has 0 radical (unpaired) electrons. The van der Waals surface area contributed by atoms with E-state index in [4.69, 9.17) is 12.6 Å². The van der Waals surface area contributed by atoms with Crippen molar-refractivity contribution in [1.82, 2.24) is 0 Å². The third kappa shape index (κ3) is 4.25. The van der Waals surface area contributed by atoms with Crippen molar-refractivity contribution in [2.24, 2.45) is 46.8 Å². The fourth-order valence-electron chi connectivity index (χ4n) is 9.80. The summed E-state index contributed by atoms with van der Waals surface area (Å²) in [5.41, 5.74) is 2.18. The third-order valence-corrected chi connectivity index (χ3v) is 13.8. The summed E-state index contributed by atoms with van der Waals surface area (Å²) >= 11 is 8.70. The van der Waals surface area contributed by atoms with E-state index in [1.165, 1.54) is 70.6 Å². The van der Waals surface area contributed by atoms with Gasteiger partial charge in [0.05, 0.1) is 0 Å². The highest BCUT2D eigenvalue weighted by molar-refractivity contribution is 14.1. The van der Waals surface area contributed by atoms with Crippen LogP contribution in [0.3, 0.4) is 0 Å². The Morgan fingerprint density at radius 1 is 1.06 bits per heavy atom. The van der Waals surface area contributed by atoms with Gasteiger partial charge >= 0.3 is 0 Å². The molecule has 8 atom stereocenters. The number of halogens is 1. The first kappa shape index (κ1) is 26.9.